The molecule has 9 nitrogen and oxygen atoms in total. The Morgan fingerprint density at radius 3 is 2.70 bits per heavy atom. The lowest BCUT2D eigenvalue weighted by atomic mass is 9.97. The highest BCUT2D eigenvalue weighted by Gasteiger charge is 2.33. The number of nitrogens with zero attached hydrogens (tertiary/aromatic N) is 2. The number of nitrogens with two attached hydrogens (primary N) is 1. The Kier molecular flexibility index (Phi) is 11.6. The number of halogens is 3. The molecule has 1 amide bonds. The van der Waals surface area contributed by atoms with E-state index in [0.29, 0.717) is 56.1 Å². The van der Waals surface area contributed by atoms with E-state index < -0.39 is 17.8 Å². The molecule has 3 saturated heterocycles. The largest absolute Gasteiger partial charge is 0.416 e. The average Bonchev–Trinajstić information content (AvgIpc) is 3.02. The zero-order valence-electron chi connectivity index (χ0n) is 25.0. The zero-order valence-corrected chi connectivity index (χ0v) is 25.0. The summed E-state index contributed by atoms with van der Waals surface area (Å²) >= 11 is 0. The molecule has 1 aromatic rings. The Hall–Kier alpha value is -2.93. The molecular weight excluding hydrogens is 563 g/mol. The second kappa shape index (κ2) is 15.2. The maximum absolute atomic E-state index is 13.5. The highest BCUT2D eigenvalue weighted by atomic mass is 19.4. The fraction of sp³-hybridized carbons (Fsp3) is 0.613. The molecule has 0 spiro atoms. The number of aliphatic imine (C=N–C) groups is 1. The van der Waals surface area contributed by atoms with E-state index in [1.165, 1.54) is 6.07 Å². The van der Waals surface area contributed by atoms with Crippen molar-refractivity contribution in [2.45, 2.75) is 82.0 Å². The molecule has 3 heterocycles. The Labute approximate surface area is 251 Å². The minimum atomic E-state index is -4.40. The number of amides is 1. The van der Waals surface area contributed by atoms with Crippen LogP contribution in [0.4, 0.5) is 13.2 Å². The summed E-state index contributed by atoms with van der Waals surface area (Å²) in [7, 11) is 1.70. The van der Waals surface area contributed by atoms with Crippen molar-refractivity contribution in [3.63, 3.8) is 0 Å². The molecule has 0 aliphatic carbocycles. The maximum Gasteiger partial charge on any atom is 0.416 e. The molecular formula is C31H44F3N5O4. The maximum atomic E-state index is 13.5. The van der Waals surface area contributed by atoms with Crippen LogP contribution < -0.4 is 16.4 Å². The molecule has 0 bridgehead atoms. The van der Waals surface area contributed by atoms with E-state index in [9.17, 15) is 18.0 Å². The third kappa shape index (κ3) is 8.81. The molecule has 1 aromatic carbocycles. The number of likely N-dealkylation sites (tertiary alicyclic amines) is 1. The number of hydrogen-bond donors (Lipinski definition) is 3. The van der Waals surface area contributed by atoms with Crippen molar-refractivity contribution in [2.75, 3.05) is 40.0 Å². The first kappa shape index (κ1) is 33.0. The van der Waals surface area contributed by atoms with E-state index >= 15 is 0 Å². The van der Waals surface area contributed by atoms with E-state index in [1.807, 2.05) is 0 Å². The molecule has 43 heavy (non-hydrogen) atoms. The molecule has 4 N–H and O–H groups in total. The third-order valence-corrected chi connectivity index (χ3v) is 8.53. The van der Waals surface area contributed by atoms with Crippen molar-refractivity contribution < 1.29 is 32.2 Å². The fourth-order valence-corrected chi connectivity index (χ4v) is 5.95. The third-order valence-electron chi connectivity index (χ3n) is 8.53. The van der Waals surface area contributed by atoms with Crippen molar-refractivity contribution in [1.82, 2.24) is 15.5 Å². The predicted octanol–water partition coefficient (Wildman–Crippen LogP) is 4.06. The highest BCUT2D eigenvalue weighted by molar-refractivity contribution is 5.95. The normalized spacial score (nSPS) is 26.3. The van der Waals surface area contributed by atoms with Gasteiger partial charge in [0.25, 0.3) is 5.91 Å². The second-order valence-corrected chi connectivity index (χ2v) is 11.4. The summed E-state index contributed by atoms with van der Waals surface area (Å²) in [5, 5.41) is 6.94. The van der Waals surface area contributed by atoms with Crippen LogP contribution in [0.25, 0.3) is 0 Å². The van der Waals surface area contributed by atoms with Gasteiger partial charge in [-0.25, -0.2) is 4.99 Å². The number of benzene rings is 1. The van der Waals surface area contributed by atoms with Crippen LogP contribution in [0.3, 0.4) is 0 Å². The van der Waals surface area contributed by atoms with E-state index in [2.05, 4.69) is 22.2 Å². The minimum absolute atomic E-state index is 0.0217. The lowest BCUT2D eigenvalue weighted by Crippen LogP contribution is -2.54. The van der Waals surface area contributed by atoms with Crippen LogP contribution in [0.2, 0.25) is 0 Å². The number of nitrogens with one attached hydrogen (secondary N) is 2. The number of allylic oxidation sites excluding steroid dienone is 1. The highest BCUT2D eigenvalue weighted by Crippen LogP contribution is 2.35. The van der Waals surface area contributed by atoms with Gasteiger partial charge in [0.1, 0.15) is 5.70 Å². The molecule has 0 saturated carbocycles. The van der Waals surface area contributed by atoms with Crippen LogP contribution in [-0.2, 0) is 25.2 Å². The second-order valence-electron chi connectivity index (χ2n) is 11.4. The van der Waals surface area contributed by atoms with Gasteiger partial charge in [0.2, 0.25) is 0 Å². The summed E-state index contributed by atoms with van der Waals surface area (Å²) in [4.78, 5) is 19.5. The topological polar surface area (TPSA) is 110 Å². The van der Waals surface area contributed by atoms with Gasteiger partial charge in [-0.2, -0.15) is 13.2 Å². The van der Waals surface area contributed by atoms with Gasteiger partial charge in [-0.05, 0) is 63.1 Å². The minimum Gasteiger partial charge on any atom is -0.390 e. The van der Waals surface area contributed by atoms with Gasteiger partial charge in [-0.1, -0.05) is 18.7 Å². The summed E-state index contributed by atoms with van der Waals surface area (Å²) in [6.07, 6.45) is 0.816. The fourth-order valence-electron chi connectivity index (χ4n) is 5.95. The number of hydrogen-bond acceptors (Lipinski definition) is 7. The molecule has 238 valence electrons. The standard InChI is InChI=1S/C31H44F3N5O4/c1-20(21(2)36-17-25-8-5-9-27(43-25)22-6-4-7-23(16-22)31(32,33)34)29(37-19-35)30(40)39-13-10-24(11-14-39)38-26-12-15-42-18-28(26)41-3/h4,6-7,16,19,24-28,36,38H,2,5,8-15,17-18H2,1,3H3,(H2,35,37)/b29-20-/t25-,26-,27+,28+/m0/s1. The number of carbonyl (C=O) groups is 1. The first-order valence-electron chi connectivity index (χ1n) is 15.0. The van der Waals surface area contributed by atoms with E-state index in [0.717, 1.165) is 50.6 Å². The van der Waals surface area contributed by atoms with Crippen LogP contribution in [0.15, 0.2) is 52.8 Å². The monoisotopic (exact) mass is 607 g/mol. The molecule has 4 rings (SSSR count). The van der Waals surface area contributed by atoms with Gasteiger partial charge in [0.05, 0.1) is 36.8 Å². The number of piperidine rings is 1. The molecule has 0 unspecified atom stereocenters. The lowest BCUT2D eigenvalue weighted by Gasteiger charge is -2.38. The van der Waals surface area contributed by atoms with Crippen molar-refractivity contribution in [3.8, 4) is 0 Å². The quantitative estimate of drug-likeness (QED) is 0.159. The Bertz CT molecular complexity index is 1170. The summed E-state index contributed by atoms with van der Waals surface area (Å²) in [5.41, 5.74) is 6.76. The summed E-state index contributed by atoms with van der Waals surface area (Å²) in [6.45, 7) is 8.73. The average molecular weight is 608 g/mol. The lowest BCUT2D eigenvalue weighted by molar-refractivity contribution is -0.137. The Balaban J connectivity index is 1.31. The first-order chi connectivity index (χ1) is 20.6. The van der Waals surface area contributed by atoms with Gasteiger partial charge < -0.3 is 35.5 Å². The summed E-state index contributed by atoms with van der Waals surface area (Å²) in [5.74, 6) is -0.208. The smallest absolute Gasteiger partial charge is 0.390 e. The van der Waals surface area contributed by atoms with Crippen molar-refractivity contribution >= 4 is 12.2 Å². The van der Waals surface area contributed by atoms with Crippen molar-refractivity contribution in [1.29, 1.82) is 0 Å². The summed E-state index contributed by atoms with van der Waals surface area (Å²) in [6, 6.07) is 5.82. The number of alkyl halides is 3. The van der Waals surface area contributed by atoms with Gasteiger partial charge in [0.15, 0.2) is 0 Å². The molecule has 3 aliphatic rings. The molecule has 0 radical (unpaired) electrons. The number of carbonyl (C=O) groups excluding carboxylic acids is 1. The molecule has 0 aromatic heterocycles. The molecule has 12 heteroatoms. The van der Waals surface area contributed by atoms with Gasteiger partial charge in [-0.3, -0.25) is 4.79 Å². The number of ether oxygens (including phenoxy) is 3. The van der Waals surface area contributed by atoms with Crippen LogP contribution in [-0.4, -0.2) is 81.4 Å². The van der Waals surface area contributed by atoms with Crippen LogP contribution in [0, 0.1) is 0 Å². The van der Waals surface area contributed by atoms with Gasteiger partial charge in [-0.15, -0.1) is 0 Å². The van der Waals surface area contributed by atoms with E-state index in [1.54, 1.807) is 25.0 Å². The van der Waals surface area contributed by atoms with Crippen LogP contribution in [0.5, 0.6) is 0 Å². The Morgan fingerprint density at radius 1 is 1.23 bits per heavy atom. The van der Waals surface area contributed by atoms with Crippen molar-refractivity contribution in [3.05, 3.63) is 58.9 Å². The van der Waals surface area contributed by atoms with Crippen LogP contribution >= 0.6 is 0 Å². The Morgan fingerprint density at radius 2 is 2.00 bits per heavy atom. The number of rotatable bonds is 10. The van der Waals surface area contributed by atoms with Crippen LogP contribution in [0.1, 0.15) is 62.7 Å². The first-order valence-corrected chi connectivity index (χ1v) is 15.0. The predicted molar refractivity (Wildman–Crippen MR) is 158 cm³/mol. The van der Waals surface area contributed by atoms with Crippen molar-refractivity contribution in [2.24, 2.45) is 10.7 Å². The number of methoxy groups -OCH3 is 1. The molecule has 4 atom stereocenters. The van der Waals surface area contributed by atoms with Gasteiger partial charge in [0, 0.05) is 56.7 Å². The SMILES string of the molecule is C=C(NC[C@@H]1CCC[C@H](c2cccc(C(F)(F)F)c2)O1)/C(C)=C(\N=CN)C(=O)N1CCC(N[C@H]2CCOC[C@H]2OC)CC1. The van der Waals surface area contributed by atoms with E-state index in [-0.39, 0.29) is 35.9 Å². The zero-order chi connectivity index (χ0) is 31.0. The van der Waals surface area contributed by atoms with E-state index in [4.69, 9.17) is 19.9 Å². The molecule has 3 fully saturated rings. The summed E-state index contributed by atoms with van der Waals surface area (Å²) < 4.78 is 56.9. The van der Waals surface area contributed by atoms with Gasteiger partial charge >= 0.3 is 6.18 Å². The molecule has 3 aliphatic heterocycles.